The number of nitrogens with one attached hydrogen (secondary N) is 1. The van der Waals surface area contributed by atoms with E-state index >= 15 is 0 Å². The van der Waals surface area contributed by atoms with Crippen LogP contribution in [0.2, 0.25) is 9.36 Å². The molecule has 1 N–H and O–H groups in total. The monoisotopic (exact) mass is 408 g/mol. The summed E-state index contributed by atoms with van der Waals surface area (Å²) in [4.78, 5) is 15.6. The van der Waals surface area contributed by atoms with Gasteiger partial charge in [0.05, 0.1) is 17.8 Å². The van der Waals surface area contributed by atoms with E-state index in [-0.39, 0.29) is 5.91 Å². The molecule has 8 heteroatoms. The van der Waals surface area contributed by atoms with Crippen molar-refractivity contribution in [1.29, 1.82) is 0 Å². The van der Waals surface area contributed by atoms with Gasteiger partial charge in [0.25, 0.3) is 0 Å². The number of hydrogen-bond donors (Lipinski definition) is 1. The van der Waals surface area contributed by atoms with Crippen molar-refractivity contribution in [3.8, 4) is 5.75 Å². The highest BCUT2D eigenvalue weighted by atomic mass is 79.9. The molecule has 0 aliphatic heterocycles. The Morgan fingerprint density at radius 2 is 2.24 bits per heavy atom. The Labute approximate surface area is 144 Å². The van der Waals surface area contributed by atoms with Crippen LogP contribution in [0, 0.1) is 0 Å². The summed E-state index contributed by atoms with van der Waals surface area (Å²) in [5.74, 6) is 0.564. The molecule has 0 aliphatic rings. The third-order valence-electron chi connectivity index (χ3n) is 2.43. The zero-order chi connectivity index (χ0) is 15.2. The van der Waals surface area contributed by atoms with E-state index in [1.807, 2.05) is 12.1 Å². The quantitative estimate of drug-likeness (QED) is 0.682. The van der Waals surface area contributed by atoms with Crippen molar-refractivity contribution in [2.45, 2.75) is 12.8 Å². The normalized spacial score (nSPS) is 10.4. The number of rotatable bonds is 6. The number of ether oxygens (including phenoxy) is 1. The minimum absolute atomic E-state index is 0.113. The van der Waals surface area contributed by atoms with E-state index in [2.05, 4.69) is 26.2 Å². The molecule has 0 atom stereocenters. The predicted molar refractivity (Wildman–Crippen MR) is 89.6 cm³/mol. The first-order valence-electron chi connectivity index (χ1n) is 6.03. The molecule has 1 heterocycles. The predicted octanol–water partition coefficient (Wildman–Crippen LogP) is 5.01. The Morgan fingerprint density at radius 3 is 2.90 bits per heavy atom. The number of thiazole rings is 1. The van der Waals surface area contributed by atoms with Crippen LogP contribution in [-0.4, -0.2) is 17.5 Å². The summed E-state index contributed by atoms with van der Waals surface area (Å²) in [6, 6.07) is 5.35. The number of aromatic nitrogens is 1. The molecule has 21 heavy (non-hydrogen) atoms. The van der Waals surface area contributed by atoms with E-state index < -0.39 is 0 Å². The average Bonchev–Trinajstić information content (AvgIpc) is 2.84. The van der Waals surface area contributed by atoms with Crippen LogP contribution < -0.4 is 10.1 Å². The molecular weight excluding hydrogens is 399 g/mol. The Kier molecular flexibility index (Phi) is 6.29. The molecule has 1 aromatic heterocycles. The highest BCUT2D eigenvalue weighted by Gasteiger charge is 2.06. The average molecular weight is 410 g/mol. The van der Waals surface area contributed by atoms with Gasteiger partial charge in [-0.05, 0) is 40.5 Å². The molecule has 0 unspecified atom stereocenters. The molecule has 0 aliphatic carbocycles. The highest BCUT2D eigenvalue weighted by Crippen LogP contribution is 2.27. The lowest BCUT2D eigenvalue weighted by molar-refractivity contribution is -0.116. The van der Waals surface area contributed by atoms with E-state index in [1.165, 1.54) is 17.5 Å². The minimum atomic E-state index is -0.113. The fraction of sp³-hybridized carbons (Fsp3) is 0.231. The Bertz CT molecular complexity index is 636. The van der Waals surface area contributed by atoms with Crippen LogP contribution in [-0.2, 0) is 4.79 Å². The molecule has 4 nitrogen and oxygen atoms in total. The summed E-state index contributed by atoms with van der Waals surface area (Å²) in [7, 11) is 0. The van der Waals surface area contributed by atoms with Gasteiger partial charge >= 0.3 is 0 Å². The van der Waals surface area contributed by atoms with Gasteiger partial charge in [0.2, 0.25) is 5.91 Å². The number of benzene rings is 1. The molecule has 0 radical (unpaired) electrons. The first-order valence-corrected chi connectivity index (χ1v) is 8.40. The SMILES string of the molecule is O=C(CCCOc1ccc(Br)c(Cl)c1)Nc1ncc(Cl)s1. The zero-order valence-corrected chi connectivity index (χ0v) is 14.7. The van der Waals surface area contributed by atoms with E-state index in [0.29, 0.717) is 39.7 Å². The van der Waals surface area contributed by atoms with Gasteiger partial charge in [-0.3, -0.25) is 4.79 Å². The molecule has 0 spiro atoms. The van der Waals surface area contributed by atoms with Crippen LogP contribution in [0.5, 0.6) is 5.75 Å². The largest absolute Gasteiger partial charge is 0.494 e. The summed E-state index contributed by atoms with van der Waals surface area (Å²) < 4.78 is 6.89. The second-order valence-corrected chi connectivity index (χ2v) is 6.97. The van der Waals surface area contributed by atoms with Crippen LogP contribution in [0.15, 0.2) is 28.9 Å². The third kappa shape index (κ3) is 5.47. The highest BCUT2D eigenvalue weighted by molar-refractivity contribution is 9.10. The van der Waals surface area contributed by atoms with Crippen molar-refractivity contribution >= 4 is 61.5 Å². The molecule has 2 rings (SSSR count). The molecule has 1 aromatic carbocycles. The maximum Gasteiger partial charge on any atom is 0.226 e. The lowest BCUT2D eigenvalue weighted by atomic mass is 10.3. The van der Waals surface area contributed by atoms with Gasteiger partial charge in [0.15, 0.2) is 5.13 Å². The second kappa shape index (κ2) is 7.98. The van der Waals surface area contributed by atoms with E-state index in [4.69, 9.17) is 27.9 Å². The molecule has 0 saturated heterocycles. The van der Waals surface area contributed by atoms with Crippen molar-refractivity contribution < 1.29 is 9.53 Å². The number of anilines is 1. The van der Waals surface area contributed by atoms with Crippen molar-refractivity contribution in [1.82, 2.24) is 4.98 Å². The molecular formula is C13H11BrCl2N2O2S. The van der Waals surface area contributed by atoms with E-state index in [1.54, 1.807) is 6.07 Å². The number of amides is 1. The Balaban J connectivity index is 1.69. The number of nitrogens with zero attached hydrogens (tertiary/aromatic N) is 1. The topological polar surface area (TPSA) is 51.2 Å². The lowest BCUT2D eigenvalue weighted by Crippen LogP contribution is -2.12. The molecule has 112 valence electrons. The second-order valence-electron chi connectivity index (χ2n) is 4.05. The summed E-state index contributed by atoms with van der Waals surface area (Å²) in [6.07, 6.45) is 2.45. The van der Waals surface area contributed by atoms with Crippen molar-refractivity contribution in [2.24, 2.45) is 0 Å². The maximum absolute atomic E-state index is 11.7. The van der Waals surface area contributed by atoms with Crippen LogP contribution in [0.3, 0.4) is 0 Å². The summed E-state index contributed by atoms with van der Waals surface area (Å²) in [6.45, 7) is 0.435. The van der Waals surface area contributed by atoms with Crippen LogP contribution in [0.1, 0.15) is 12.8 Å². The van der Waals surface area contributed by atoms with Gasteiger partial charge in [-0.15, -0.1) is 0 Å². The number of carbonyl (C=O) groups excluding carboxylic acids is 1. The first kappa shape index (κ1) is 16.5. The Hall–Kier alpha value is -0.820. The van der Waals surface area contributed by atoms with Gasteiger partial charge in [-0.2, -0.15) is 0 Å². The van der Waals surface area contributed by atoms with Crippen LogP contribution in [0.4, 0.5) is 5.13 Å². The standard InChI is InChI=1S/C13H11BrCl2N2O2S/c14-9-4-3-8(6-10(9)15)20-5-1-2-12(19)18-13-17-7-11(16)21-13/h3-4,6-7H,1-2,5H2,(H,17,18,19). The van der Waals surface area contributed by atoms with Crippen LogP contribution >= 0.6 is 50.5 Å². The minimum Gasteiger partial charge on any atom is -0.494 e. The molecule has 0 fully saturated rings. The smallest absolute Gasteiger partial charge is 0.226 e. The van der Waals surface area contributed by atoms with E-state index in [0.717, 1.165) is 4.47 Å². The van der Waals surface area contributed by atoms with E-state index in [9.17, 15) is 4.79 Å². The zero-order valence-electron chi connectivity index (χ0n) is 10.7. The van der Waals surface area contributed by atoms with Crippen LogP contribution in [0.25, 0.3) is 0 Å². The number of hydrogen-bond acceptors (Lipinski definition) is 4. The molecule has 2 aromatic rings. The number of carbonyl (C=O) groups is 1. The van der Waals surface area contributed by atoms with Gasteiger partial charge in [-0.1, -0.05) is 34.5 Å². The fourth-order valence-corrected chi connectivity index (χ4v) is 2.73. The Morgan fingerprint density at radius 1 is 1.43 bits per heavy atom. The summed E-state index contributed by atoms with van der Waals surface area (Å²) >= 11 is 16.2. The van der Waals surface area contributed by atoms with Crippen molar-refractivity contribution in [3.05, 3.63) is 38.2 Å². The molecule has 0 saturated carbocycles. The third-order valence-corrected chi connectivity index (χ3v) is 4.69. The fourth-order valence-electron chi connectivity index (χ4n) is 1.48. The summed E-state index contributed by atoms with van der Waals surface area (Å²) in [5.41, 5.74) is 0. The molecule has 0 bridgehead atoms. The maximum atomic E-state index is 11.7. The van der Waals surface area contributed by atoms with Gasteiger partial charge in [-0.25, -0.2) is 4.98 Å². The van der Waals surface area contributed by atoms with Gasteiger partial charge < -0.3 is 10.1 Å². The van der Waals surface area contributed by atoms with Crippen molar-refractivity contribution in [2.75, 3.05) is 11.9 Å². The lowest BCUT2D eigenvalue weighted by Gasteiger charge is -2.07. The van der Waals surface area contributed by atoms with Crippen molar-refractivity contribution in [3.63, 3.8) is 0 Å². The van der Waals surface area contributed by atoms with Gasteiger partial charge in [0.1, 0.15) is 10.1 Å². The van der Waals surface area contributed by atoms with Gasteiger partial charge in [0, 0.05) is 10.9 Å². The molecule has 1 amide bonds. The first-order chi connectivity index (χ1) is 10.0. The number of halogens is 3. The summed E-state index contributed by atoms with van der Waals surface area (Å²) in [5, 5.41) is 3.77.